The van der Waals surface area contributed by atoms with E-state index < -0.39 is 11.8 Å². The first-order chi connectivity index (χ1) is 11.7. The first kappa shape index (κ1) is 16.3. The van der Waals surface area contributed by atoms with Crippen LogP contribution in [0.2, 0.25) is 5.02 Å². The Labute approximate surface area is 144 Å². The van der Waals surface area contributed by atoms with Gasteiger partial charge in [0.15, 0.2) is 0 Å². The first-order valence-electron chi connectivity index (χ1n) is 7.72. The van der Waals surface area contributed by atoms with E-state index in [0.717, 1.165) is 25.9 Å². The molecule has 0 unspecified atom stereocenters. The maximum absolute atomic E-state index is 12.4. The van der Waals surface area contributed by atoms with Crippen molar-refractivity contribution in [2.24, 2.45) is 0 Å². The van der Waals surface area contributed by atoms with E-state index in [1.165, 1.54) is 0 Å². The molecule has 2 aromatic rings. The summed E-state index contributed by atoms with van der Waals surface area (Å²) in [4.78, 5) is 30.9. The number of pyridine rings is 1. The number of anilines is 1. The second-order valence-corrected chi connectivity index (χ2v) is 5.86. The third-order valence-electron chi connectivity index (χ3n) is 3.84. The normalized spacial score (nSPS) is 13.6. The third kappa shape index (κ3) is 3.49. The molecule has 1 aromatic heterocycles. The summed E-state index contributed by atoms with van der Waals surface area (Å²) in [7, 11) is 0. The van der Waals surface area contributed by atoms with Gasteiger partial charge in [-0.1, -0.05) is 23.7 Å². The number of benzene rings is 1. The summed E-state index contributed by atoms with van der Waals surface area (Å²) < 4.78 is 0. The number of amides is 2. The third-order valence-corrected chi connectivity index (χ3v) is 4.17. The van der Waals surface area contributed by atoms with Crippen LogP contribution < -0.4 is 15.8 Å². The Hall–Kier alpha value is -2.60. The van der Waals surface area contributed by atoms with E-state index in [1.54, 1.807) is 42.6 Å². The van der Waals surface area contributed by atoms with Crippen LogP contribution in [0, 0.1) is 0 Å². The molecule has 6 nitrogen and oxygen atoms in total. The lowest BCUT2D eigenvalue weighted by Crippen LogP contribution is -2.42. The predicted octanol–water partition coefficient (Wildman–Crippen LogP) is 2.41. The Morgan fingerprint density at radius 1 is 0.958 bits per heavy atom. The van der Waals surface area contributed by atoms with E-state index >= 15 is 0 Å². The monoisotopic (exact) mass is 344 g/mol. The number of hydrogen-bond donors (Lipinski definition) is 2. The number of carbonyl (C=O) groups is 2. The van der Waals surface area contributed by atoms with Gasteiger partial charge in [0, 0.05) is 19.3 Å². The molecule has 2 heterocycles. The van der Waals surface area contributed by atoms with Crippen LogP contribution in [-0.4, -0.2) is 29.9 Å². The van der Waals surface area contributed by atoms with E-state index in [9.17, 15) is 9.59 Å². The smallest absolute Gasteiger partial charge is 0.273 e. The molecule has 2 N–H and O–H groups in total. The molecular weight excluding hydrogens is 328 g/mol. The topological polar surface area (TPSA) is 74.3 Å². The SMILES string of the molecule is O=C(NNC(=O)c1cccnc1N1CCCC1)c1ccccc1Cl. The fourth-order valence-electron chi connectivity index (χ4n) is 2.65. The fraction of sp³-hybridized carbons (Fsp3) is 0.235. The van der Waals surface area contributed by atoms with Crippen LogP contribution in [0.1, 0.15) is 33.6 Å². The van der Waals surface area contributed by atoms with E-state index in [1.807, 2.05) is 0 Å². The largest absolute Gasteiger partial charge is 0.356 e. The molecule has 1 fully saturated rings. The first-order valence-corrected chi connectivity index (χ1v) is 8.10. The lowest BCUT2D eigenvalue weighted by molar-refractivity contribution is 0.0847. The summed E-state index contributed by atoms with van der Waals surface area (Å²) in [5, 5.41) is 0.323. The number of rotatable bonds is 3. The predicted molar refractivity (Wildman–Crippen MR) is 92.1 cm³/mol. The van der Waals surface area contributed by atoms with Crippen molar-refractivity contribution in [3.63, 3.8) is 0 Å². The quantitative estimate of drug-likeness (QED) is 0.838. The molecule has 7 heteroatoms. The Kier molecular flexibility index (Phi) is 4.96. The molecule has 1 saturated heterocycles. The minimum atomic E-state index is -0.472. The molecule has 1 aliphatic heterocycles. The van der Waals surface area contributed by atoms with Crippen molar-refractivity contribution in [2.45, 2.75) is 12.8 Å². The van der Waals surface area contributed by atoms with Gasteiger partial charge in [0.2, 0.25) is 0 Å². The van der Waals surface area contributed by atoms with E-state index in [4.69, 9.17) is 11.6 Å². The highest BCUT2D eigenvalue weighted by atomic mass is 35.5. The van der Waals surface area contributed by atoms with Gasteiger partial charge in [-0.15, -0.1) is 0 Å². The minimum Gasteiger partial charge on any atom is -0.356 e. The Balaban J connectivity index is 1.70. The molecule has 0 atom stereocenters. The summed E-state index contributed by atoms with van der Waals surface area (Å²) in [6.45, 7) is 1.76. The molecule has 1 aliphatic rings. The molecule has 0 aliphatic carbocycles. The Morgan fingerprint density at radius 2 is 1.58 bits per heavy atom. The molecule has 0 radical (unpaired) electrons. The van der Waals surface area contributed by atoms with Gasteiger partial charge in [0.25, 0.3) is 11.8 Å². The van der Waals surface area contributed by atoms with Crippen molar-refractivity contribution >= 4 is 29.2 Å². The van der Waals surface area contributed by atoms with Crippen molar-refractivity contribution in [2.75, 3.05) is 18.0 Å². The number of halogens is 1. The van der Waals surface area contributed by atoms with Gasteiger partial charge in [-0.3, -0.25) is 20.4 Å². The number of carbonyl (C=O) groups excluding carboxylic acids is 2. The highest BCUT2D eigenvalue weighted by Crippen LogP contribution is 2.21. The zero-order valence-electron chi connectivity index (χ0n) is 13.0. The van der Waals surface area contributed by atoms with Crippen LogP contribution in [0.4, 0.5) is 5.82 Å². The van der Waals surface area contributed by atoms with Crippen LogP contribution in [-0.2, 0) is 0 Å². The summed E-state index contributed by atoms with van der Waals surface area (Å²) in [6.07, 6.45) is 3.83. The fourth-order valence-corrected chi connectivity index (χ4v) is 2.87. The van der Waals surface area contributed by atoms with Gasteiger partial charge in [-0.25, -0.2) is 4.98 Å². The van der Waals surface area contributed by atoms with E-state index in [0.29, 0.717) is 22.0 Å². The Morgan fingerprint density at radius 3 is 2.29 bits per heavy atom. The maximum Gasteiger partial charge on any atom is 0.273 e. The Bertz CT molecular complexity index is 760. The van der Waals surface area contributed by atoms with Crippen molar-refractivity contribution in [3.05, 3.63) is 58.7 Å². The lowest BCUT2D eigenvalue weighted by Gasteiger charge is -2.19. The van der Waals surface area contributed by atoms with Gasteiger partial charge >= 0.3 is 0 Å². The number of aromatic nitrogens is 1. The number of hydrogen-bond acceptors (Lipinski definition) is 4. The molecule has 0 spiro atoms. The molecular formula is C17H17ClN4O2. The number of nitrogens with one attached hydrogen (secondary N) is 2. The van der Waals surface area contributed by atoms with Crippen molar-refractivity contribution < 1.29 is 9.59 Å². The molecule has 0 saturated carbocycles. The highest BCUT2D eigenvalue weighted by molar-refractivity contribution is 6.33. The summed E-state index contributed by atoms with van der Waals surface area (Å²) in [5.41, 5.74) is 5.54. The van der Waals surface area contributed by atoms with Gasteiger partial charge in [0.05, 0.1) is 16.1 Å². The van der Waals surface area contributed by atoms with Crippen LogP contribution >= 0.6 is 11.6 Å². The van der Waals surface area contributed by atoms with Crippen LogP contribution in [0.3, 0.4) is 0 Å². The average Bonchev–Trinajstić information content (AvgIpc) is 3.14. The molecule has 2 amide bonds. The molecule has 0 bridgehead atoms. The molecule has 124 valence electrons. The van der Waals surface area contributed by atoms with Gasteiger partial charge in [-0.05, 0) is 37.1 Å². The highest BCUT2D eigenvalue weighted by Gasteiger charge is 2.21. The van der Waals surface area contributed by atoms with Crippen molar-refractivity contribution in [1.82, 2.24) is 15.8 Å². The van der Waals surface area contributed by atoms with Gasteiger partial charge in [0.1, 0.15) is 5.82 Å². The molecule has 24 heavy (non-hydrogen) atoms. The van der Waals surface area contributed by atoms with Crippen LogP contribution in [0.25, 0.3) is 0 Å². The number of hydrazine groups is 1. The zero-order valence-corrected chi connectivity index (χ0v) is 13.7. The van der Waals surface area contributed by atoms with E-state index in [-0.39, 0.29) is 0 Å². The second-order valence-electron chi connectivity index (χ2n) is 5.46. The molecule has 1 aromatic carbocycles. The maximum atomic E-state index is 12.4. The van der Waals surface area contributed by atoms with Crippen LogP contribution in [0.15, 0.2) is 42.6 Å². The van der Waals surface area contributed by atoms with Gasteiger partial charge < -0.3 is 4.90 Å². The minimum absolute atomic E-state index is 0.297. The lowest BCUT2D eigenvalue weighted by atomic mass is 10.2. The number of nitrogens with zero attached hydrogens (tertiary/aromatic N) is 2. The summed E-state index contributed by atoms with van der Waals surface area (Å²) >= 11 is 5.97. The second kappa shape index (κ2) is 7.31. The van der Waals surface area contributed by atoms with Crippen molar-refractivity contribution in [1.29, 1.82) is 0 Å². The summed E-state index contributed by atoms with van der Waals surface area (Å²) in [5.74, 6) is -0.245. The molecule has 3 rings (SSSR count). The average molecular weight is 345 g/mol. The summed E-state index contributed by atoms with van der Waals surface area (Å²) in [6, 6.07) is 10.0. The van der Waals surface area contributed by atoms with E-state index in [2.05, 4.69) is 20.7 Å². The van der Waals surface area contributed by atoms with Crippen molar-refractivity contribution in [3.8, 4) is 0 Å². The van der Waals surface area contributed by atoms with Gasteiger partial charge in [-0.2, -0.15) is 0 Å². The van der Waals surface area contributed by atoms with Crippen LogP contribution in [0.5, 0.6) is 0 Å². The zero-order chi connectivity index (χ0) is 16.9. The standard InChI is InChI=1S/C17H17ClN4O2/c18-14-8-2-1-6-12(14)16(23)20-21-17(24)13-7-5-9-19-15(13)22-10-3-4-11-22/h1-2,5-9H,3-4,10-11H2,(H,20,23)(H,21,24).